The zero-order valence-electron chi connectivity index (χ0n) is 10.4. The van der Waals surface area contributed by atoms with Crippen LogP contribution in [0.15, 0.2) is 47.3 Å². The van der Waals surface area contributed by atoms with Crippen LogP contribution in [-0.2, 0) is 0 Å². The third kappa shape index (κ3) is 2.88. The Morgan fingerprint density at radius 3 is 2.63 bits per heavy atom. The number of rotatable bonds is 3. The minimum atomic E-state index is -0.412. The molecule has 0 aliphatic heterocycles. The molecule has 98 valence electrons. The van der Waals surface area contributed by atoms with Gasteiger partial charge in [-0.3, -0.25) is 9.59 Å². The lowest BCUT2D eigenvalue weighted by Gasteiger charge is -2.20. The van der Waals surface area contributed by atoms with Crippen molar-refractivity contribution in [1.82, 2.24) is 4.98 Å². The van der Waals surface area contributed by atoms with Gasteiger partial charge in [0.05, 0.1) is 0 Å². The first-order chi connectivity index (χ1) is 9.11. The van der Waals surface area contributed by atoms with Gasteiger partial charge in [0.1, 0.15) is 11.5 Å². The third-order valence-corrected chi connectivity index (χ3v) is 2.68. The summed E-state index contributed by atoms with van der Waals surface area (Å²) in [5.41, 5.74) is 0.289. The molecule has 0 aliphatic carbocycles. The highest BCUT2D eigenvalue weighted by molar-refractivity contribution is 6.04. The summed E-state index contributed by atoms with van der Waals surface area (Å²) < 4.78 is 13.2. The number of carbonyl (C=O) groups is 1. The van der Waals surface area contributed by atoms with Crippen molar-refractivity contribution in [2.45, 2.75) is 6.92 Å². The number of hydrogen-bond donors (Lipinski definition) is 1. The zero-order chi connectivity index (χ0) is 13.8. The van der Waals surface area contributed by atoms with Crippen LogP contribution in [0.3, 0.4) is 0 Å². The molecule has 2 aromatic rings. The van der Waals surface area contributed by atoms with Gasteiger partial charge in [-0.2, -0.15) is 0 Å². The van der Waals surface area contributed by atoms with Crippen molar-refractivity contribution in [3.63, 3.8) is 0 Å². The van der Waals surface area contributed by atoms with Crippen molar-refractivity contribution in [1.29, 1.82) is 0 Å². The minimum absolute atomic E-state index is 0.179. The summed E-state index contributed by atoms with van der Waals surface area (Å²) in [5.74, 6) is -0.781. The van der Waals surface area contributed by atoms with Crippen LogP contribution < -0.4 is 10.5 Å². The van der Waals surface area contributed by atoms with Gasteiger partial charge in [-0.1, -0.05) is 12.1 Å². The smallest absolute Gasteiger partial charge is 0.274 e. The Kier molecular flexibility index (Phi) is 3.75. The van der Waals surface area contributed by atoms with Gasteiger partial charge in [-0.05, 0) is 31.2 Å². The average molecular weight is 260 g/mol. The first-order valence-electron chi connectivity index (χ1n) is 5.88. The molecule has 1 N–H and O–H groups in total. The van der Waals surface area contributed by atoms with Gasteiger partial charge in [0.15, 0.2) is 0 Å². The molecule has 0 unspecified atom stereocenters. The fourth-order valence-electron chi connectivity index (χ4n) is 1.81. The van der Waals surface area contributed by atoms with Crippen LogP contribution in [0.4, 0.5) is 10.1 Å². The third-order valence-electron chi connectivity index (χ3n) is 2.68. The number of halogens is 1. The van der Waals surface area contributed by atoms with E-state index in [2.05, 4.69) is 4.98 Å². The molecule has 0 radical (unpaired) electrons. The van der Waals surface area contributed by atoms with E-state index in [1.54, 1.807) is 13.0 Å². The highest BCUT2D eigenvalue weighted by Gasteiger charge is 2.17. The van der Waals surface area contributed by atoms with E-state index in [1.165, 1.54) is 41.3 Å². The molecule has 4 nitrogen and oxygen atoms in total. The number of nitrogens with one attached hydrogen (secondary N) is 1. The second-order valence-electron chi connectivity index (χ2n) is 3.96. The van der Waals surface area contributed by atoms with Gasteiger partial charge in [-0.15, -0.1) is 0 Å². The summed E-state index contributed by atoms with van der Waals surface area (Å²) >= 11 is 0. The van der Waals surface area contributed by atoms with Crippen LogP contribution in [0.25, 0.3) is 0 Å². The van der Waals surface area contributed by atoms with E-state index in [-0.39, 0.29) is 17.2 Å². The summed E-state index contributed by atoms with van der Waals surface area (Å²) in [7, 11) is 0. The van der Waals surface area contributed by atoms with E-state index in [0.717, 1.165) is 0 Å². The molecule has 1 aromatic heterocycles. The Balaban J connectivity index is 2.37. The van der Waals surface area contributed by atoms with Gasteiger partial charge >= 0.3 is 0 Å². The van der Waals surface area contributed by atoms with Crippen molar-refractivity contribution in [3.05, 3.63) is 64.3 Å². The molecule has 1 aromatic carbocycles. The SMILES string of the molecule is CCN(C(=O)c1cccc(=O)[nH]1)c1cccc(F)c1. The predicted molar refractivity (Wildman–Crippen MR) is 70.8 cm³/mol. The monoisotopic (exact) mass is 260 g/mol. The summed E-state index contributed by atoms with van der Waals surface area (Å²) in [4.78, 5) is 27.3. The molecular weight excluding hydrogens is 247 g/mol. The lowest BCUT2D eigenvalue weighted by atomic mass is 10.2. The molecule has 2 rings (SSSR count). The Bertz CT molecular complexity index is 652. The number of hydrogen-bond acceptors (Lipinski definition) is 2. The van der Waals surface area contributed by atoms with Gasteiger partial charge in [0.2, 0.25) is 5.56 Å². The number of H-pyrrole nitrogens is 1. The maximum atomic E-state index is 13.2. The number of aromatic nitrogens is 1. The molecule has 1 amide bonds. The van der Waals surface area contributed by atoms with Gasteiger partial charge in [-0.25, -0.2) is 4.39 Å². The van der Waals surface area contributed by atoms with E-state index >= 15 is 0 Å². The van der Waals surface area contributed by atoms with Crippen LogP contribution in [0.2, 0.25) is 0 Å². The Morgan fingerprint density at radius 1 is 1.26 bits per heavy atom. The summed E-state index contributed by atoms with van der Waals surface area (Å²) in [6, 6.07) is 10.1. The van der Waals surface area contributed by atoms with E-state index in [1.807, 2.05) is 0 Å². The predicted octanol–water partition coefficient (Wildman–Crippen LogP) is 2.18. The van der Waals surface area contributed by atoms with Crippen molar-refractivity contribution < 1.29 is 9.18 Å². The molecule has 0 atom stereocenters. The minimum Gasteiger partial charge on any atom is -0.318 e. The fraction of sp³-hybridized carbons (Fsp3) is 0.143. The van der Waals surface area contributed by atoms with Gasteiger partial charge < -0.3 is 9.88 Å². The number of aromatic amines is 1. The number of benzene rings is 1. The largest absolute Gasteiger partial charge is 0.318 e. The maximum absolute atomic E-state index is 13.2. The molecule has 0 saturated heterocycles. The van der Waals surface area contributed by atoms with Crippen LogP contribution in [-0.4, -0.2) is 17.4 Å². The average Bonchev–Trinajstić information content (AvgIpc) is 2.39. The Labute approximate surface area is 109 Å². The molecule has 0 fully saturated rings. The van der Waals surface area contributed by atoms with E-state index in [0.29, 0.717) is 12.2 Å². The second kappa shape index (κ2) is 5.48. The zero-order valence-corrected chi connectivity index (χ0v) is 10.4. The molecule has 0 aliphatic rings. The van der Waals surface area contributed by atoms with Crippen molar-refractivity contribution in [2.75, 3.05) is 11.4 Å². The molecular formula is C14H13FN2O2. The van der Waals surface area contributed by atoms with E-state index in [4.69, 9.17) is 0 Å². The molecule has 19 heavy (non-hydrogen) atoms. The molecule has 0 bridgehead atoms. The van der Waals surface area contributed by atoms with Crippen molar-refractivity contribution in [2.24, 2.45) is 0 Å². The number of nitrogens with zero attached hydrogens (tertiary/aromatic N) is 1. The molecule has 5 heteroatoms. The van der Waals surface area contributed by atoms with E-state index in [9.17, 15) is 14.0 Å². The molecule has 0 saturated carbocycles. The van der Waals surface area contributed by atoms with Crippen molar-refractivity contribution >= 4 is 11.6 Å². The van der Waals surface area contributed by atoms with Crippen LogP contribution in [0.5, 0.6) is 0 Å². The van der Waals surface area contributed by atoms with Crippen LogP contribution in [0.1, 0.15) is 17.4 Å². The lowest BCUT2D eigenvalue weighted by Crippen LogP contribution is -2.32. The lowest BCUT2D eigenvalue weighted by molar-refractivity contribution is 0.0983. The number of amides is 1. The number of pyridine rings is 1. The highest BCUT2D eigenvalue weighted by atomic mass is 19.1. The number of carbonyl (C=O) groups excluding carboxylic acids is 1. The maximum Gasteiger partial charge on any atom is 0.274 e. The fourth-order valence-corrected chi connectivity index (χ4v) is 1.81. The van der Waals surface area contributed by atoms with Gasteiger partial charge in [0, 0.05) is 18.3 Å². The van der Waals surface area contributed by atoms with Crippen molar-refractivity contribution in [3.8, 4) is 0 Å². The topological polar surface area (TPSA) is 53.2 Å². The van der Waals surface area contributed by atoms with E-state index < -0.39 is 5.82 Å². The normalized spacial score (nSPS) is 10.2. The Hall–Kier alpha value is -2.43. The second-order valence-corrected chi connectivity index (χ2v) is 3.96. The summed E-state index contributed by atoms with van der Waals surface area (Å²) in [5, 5.41) is 0. The first kappa shape index (κ1) is 13.0. The quantitative estimate of drug-likeness (QED) is 0.919. The standard InChI is InChI=1S/C14H13FN2O2/c1-2-17(11-6-3-5-10(15)9-11)14(19)12-7-4-8-13(18)16-12/h3-9H,2H2,1H3,(H,16,18). The number of anilines is 1. The summed E-state index contributed by atoms with van der Waals surface area (Å²) in [6.07, 6.45) is 0. The molecule has 1 heterocycles. The highest BCUT2D eigenvalue weighted by Crippen LogP contribution is 2.17. The van der Waals surface area contributed by atoms with Crippen LogP contribution >= 0.6 is 0 Å². The van der Waals surface area contributed by atoms with Gasteiger partial charge in [0.25, 0.3) is 5.91 Å². The summed E-state index contributed by atoms with van der Waals surface area (Å²) in [6.45, 7) is 2.16. The van der Waals surface area contributed by atoms with Crippen LogP contribution in [0, 0.1) is 5.82 Å². The molecule has 0 spiro atoms. The first-order valence-corrected chi connectivity index (χ1v) is 5.88. The Morgan fingerprint density at radius 2 is 2.00 bits per heavy atom.